The molecule has 0 spiro atoms. The second kappa shape index (κ2) is 21.3. The van der Waals surface area contributed by atoms with Gasteiger partial charge in [0, 0.05) is 35.1 Å². The first kappa shape index (κ1) is 52.7. The smallest absolute Gasteiger partial charge is 0.411 e. The Morgan fingerprint density at radius 1 is 0.537 bits per heavy atom. The summed E-state index contributed by atoms with van der Waals surface area (Å²) in [6.07, 6.45) is -11.7. The fourth-order valence-electron chi connectivity index (χ4n) is 7.03. The molecular formula is C49H38Br4F6N2O6. The maximum absolute atomic E-state index is 14.7. The Kier molecular flexibility index (Phi) is 16.8. The first-order valence-corrected chi connectivity index (χ1v) is 22.8. The minimum absolute atomic E-state index is 0.00420. The average molecular weight is 1180 g/mol. The number of methoxy groups -OCH3 is 1. The Labute approximate surface area is 415 Å². The number of ketones is 2. The van der Waals surface area contributed by atoms with Crippen molar-refractivity contribution < 1.29 is 55.0 Å². The zero-order valence-electron chi connectivity index (χ0n) is 36.1. The van der Waals surface area contributed by atoms with Crippen LogP contribution in [0.15, 0.2) is 127 Å². The van der Waals surface area contributed by atoms with Gasteiger partial charge in [-0.2, -0.15) is 26.3 Å². The normalized spacial score (nSPS) is 11.5. The van der Waals surface area contributed by atoms with Crippen LogP contribution in [0, 0.1) is 13.8 Å². The lowest BCUT2D eigenvalue weighted by Gasteiger charge is -2.39. The highest BCUT2D eigenvalue weighted by atomic mass is 79.9. The van der Waals surface area contributed by atoms with Crippen LogP contribution in [0.25, 0.3) is 11.1 Å². The van der Waals surface area contributed by atoms with Gasteiger partial charge >= 0.3 is 18.3 Å². The summed E-state index contributed by atoms with van der Waals surface area (Å²) in [4.78, 5) is 48.4. The van der Waals surface area contributed by atoms with Gasteiger partial charge in [-0.25, -0.2) is 4.79 Å². The summed E-state index contributed by atoms with van der Waals surface area (Å²) in [6.45, 7) is 6.82. The van der Waals surface area contributed by atoms with E-state index in [9.17, 15) is 45.5 Å². The van der Waals surface area contributed by atoms with E-state index in [-0.39, 0.29) is 58.0 Å². The Bertz CT molecular complexity index is 2840. The topological polar surface area (TPSA) is 111 Å². The molecule has 1 amide bonds. The Morgan fingerprint density at radius 3 is 1.34 bits per heavy atom. The largest absolute Gasteiger partial charge is 0.494 e. The highest BCUT2D eigenvalue weighted by molar-refractivity contribution is 9.11. The van der Waals surface area contributed by atoms with E-state index in [1.165, 1.54) is 50.8 Å². The van der Waals surface area contributed by atoms with Crippen LogP contribution in [-0.4, -0.2) is 50.0 Å². The van der Waals surface area contributed by atoms with Crippen molar-refractivity contribution in [2.75, 3.05) is 24.8 Å². The van der Waals surface area contributed by atoms with Gasteiger partial charge in [0.05, 0.1) is 30.6 Å². The number of hydrogen-bond donors (Lipinski definition) is 2. The highest BCUT2D eigenvalue weighted by Gasteiger charge is 2.73. The van der Waals surface area contributed by atoms with Crippen LogP contribution in [0.2, 0.25) is 0 Å². The van der Waals surface area contributed by atoms with Crippen molar-refractivity contribution >= 4 is 98.5 Å². The molecule has 0 bridgehead atoms. The van der Waals surface area contributed by atoms with Gasteiger partial charge in [-0.1, -0.05) is 36.4 Å². The van der Waals surface area contributed by atoms with Crippen LogP contribution in [-0.2, 0) is 5.41 Å². The number of ether oxygens (including phenoxy) is 2. The van der Waals surface area contributed by atoms with Crippen LogP contribution < -0.4 is 20.1 Å². The van der Waals surface area contributed by atoms with Crippen molar-refractivity contribution in [1.82, 2.24) is 0 Å². The summed E-state index contributed by atoms with van der Waals surface area (Å²) in [6, 6.07) is 27.0. The molecule has 6 aromatic rings. The molecule has 0 radical (unpaired) electrons. The maximum atomic E-state index is 14.7. The second-order valence-corrected chi connectivity index (χ2v) is 18.3. The van der Waals surface area contributed by atoms with E-state index in [0.717, 1.165) is 28.1 Å². The first-order valence-electron chi connectivity index (χ1n) is 19.7. The lowest BCUT2D eigenvalue weighted by atomic mass is 9.73. The SMILES string of the molecule is CNc1ccc(-c2ccc(NC(=O)c3cccc(C(C)=O)c3)c(C)c2)cc1C.COc1c(Br)cc(C(c2cc(Br)c(OC(=O)c3cccc(C(C)=O)c3)c(Br)c2)(C(F)(F)F)C(F)(F)F)cc1Br. The summed E-state index contributed by atoms with van der Waals surface area (Å²) in [5, 5.41) is 6.11. The predicted molar refractivity (Wildman–Crippen MR) is 260 cm³/mol. The van der Waals surface area contributed by atoms with E-state index in [1.54, 1.807) is 24.3 Å². The van der Waals surface area contributed by atoms with Crippen LogP contribution in [0.1, 0.15) is 77.5 Å². The lowest BCUT2D eigenvalue weighted by molar-refractivity contribution is -0.288. The van der Waals surface area contributed by atoms with E-state index in [0.29, 0.717) is 35.4 Å². The molecule has 0 fully saturated rings. The molecular weight excluding hydrogens is 1150 g/mol. The number of carbonyl (C=O) groups is 4. The number of Topliss-reactive ketones (excluding diaryl/α,β-unsaturated/α-hetero) is 2. The molecule has 67 heavy (non-hydrogen) atoms. The van der Waals surface area contributed by atoms with Crippen LogP contribution in [0.5, 0.6) is 11.5 Å². The van der Waals surface area contributed by atoms with E-state index < -0.39 is 34.9 Å². The number of benzene rings is 6. The summed E-state index contributed by atoms with van der Waals surface area (Å²) in [5.41, 5.74) is 0.539. The number of esters is 1. The standard InChI is InChI=1S/C25H14Br4F6O4.C24H24N2O2/c1-11(36)12-4-3-5-13(6-12)22(37)39-21-18(28)9-15(10-19(21)29)23(24(30,31)32,25(33,34)35)14-7-16(26)20(38-2)17(27)8-14;1-15-12-19(8-10-22(15)25-4)20-9-11-23(16(2)13-20)26-24(28)21-7-5-6-18(14-21)17(3)27/h3-10H,1-2H3;5-14,25H,1-4H3,(H,26,28). The van der Waals surface area contributed by atoms with E-state index in [4.69, 9.17) is 9.47 Å². The molecule has 18 heteroatoms. The van der Waals surface area contributed by atoms with E-state index in [2.05, 4.69) is 106 Å². The molecule has 0 atom stereocenters. The molecule has 2 N–H and O–H groups in total. The van der Waals surface area contributed by atoms with Gasteiger partial charge in [-0.05, 0) is 198 Å². The quantitative estimate of drug-likeness (QED) is 0.0575. The summed E-state index contributed by atoms with van der Waals surface area (Å²) in [7, 11) is 3.12. The minimum atomic E-state index is -5.87. The van der Waals surface area contributed by atoms with Crippen molar-refractivity contribution in [3.8, 4) is 22.6 Å². The zero-order valence-corrected chi connectivity index (χ0v) is 42.5. The summed E-state index contributed by atoms with van der Waals surface area (Å²) in [5.74, 6) is -1.98. The van der Waals surface area contributed by atoms with Gasteiger partial charge in [0.1, 0.15) is 5.75 Å². The lowest BCUT2D eigenvalue weighted by Crippen LogP contribution is -2.54. The third kappa shape index (κ3) is 11.5. The molecule has 0 unspecified atom stereocenters. The monoisotopic (exact) mass is 1180 g/mol. The van der Waals surface area contributed by atoms with Gasteiger partial charge in [0.2, 0.25) is 5.41 Å². The second-order valence-electron chi connectivity index (χ2n) is 14.9. The number of halogens is 10. The molecule has 0 heterocycles. The van der Waals surface area contributed by atoms with Crippen molar-refractivity contribution in [1.29, 1.82) is 0 Å². The molecule has 8 nitrogen and oxygen atoms in total. The third-order valence-corrected chi connectivity index (χ3v) is 12.8. The Morgan fingerprint density at radius 2 is 0.940 bits per heavy atom. The van der Waals surface area contributed by atoms with Crippen molar-refractivity contribution in [3.05, 3.63) is 172 Å². The molecule has 6 aromatic carbocycles. The minimum Gasteiger partial charge on any atom is -0.494 e. The molecule has 6 rings (SSSR count). The number of carbonyl (C=O) groups excluding carboxylic acids is 4. The summed E-state index contributed by atoms with van der Waals surface area (Å²) < 4.78 is 97.2. The number of nitrogens with one attached hydrogen (secondary N) is 2. The number of hydrogen-bond acceptors (Lipinski definition) is 7. The van der Waals surface area contributed by atoms with Crippen LogP contribution in [0.4, 0.5) is 37.7 Å². The zero-order chi connectivity index (χ0) is 49.8. The molecule has 0 aromatic heterocycles. The van der Waals surface area contributed by atoms with Crippen LogP contribution >= 0.6 is 63.7 Å². The molecule has 0 saturated carbocycles. The van der Waals surface area contributed by atoms with Gasteiger partial charge in [-0.15, -0.1) is 0 Å². The van der Waals surface area contributed by atoms with Crippen molar-refractivity contribution in [2.24, 2.45) is 0 Å². The number of alkyl halides is 6. The first-order chi connectivity index (χ1) is 31.3. The van der Waals surface area contributed by atoms with Crippen molar-refractivity contribution in [2.45, 2.75) is 45.5 Å². The van der Waals surface area contributed by atoms with E-state index >= 15 is 0 Å². The molecule has 350 valence electrons. The molecule has 0 aliphatic carbocycles. The van der Waals surface area contributed by atoms with E-state index in [1.807, 2.05) is 26.1 Å². The number of rotatable bonds is 11. The number of amides is 1. The molecule has 0 aliphatic heterocycles. The molecule has 0 saturated heterocycles. The summed E-state index contributed by atoms with van der Waals surface area (Å²) >= 11 is 11.9. The highest BCUT2D eigenvalue weighted by Crippen LogP contribution is 2.59. The van der Waals surface area contributed by atoms with Crippen LogP contribution in [0.3, 0.4) is 0 Å². The van der Waals surface area contributed by atoms with Gasteiger partial charge in [0.15, 0.2) is 17.3 Å². The van der Waals surface area contributed by atoms with Gasteiger partial charge < -0.3 is 20.1 Å². The van der Waals surface area contributed by atoms with Gasteiger partial charge in [-0.3, -0.25) is 14.4 Å². The number of anilines is 2. The van der Waals surface area contributed by atoms with Crippen molar-refractivity contribution in [3.63, 3.8) is 0 Å². The fraction of sp³-hybridized carbons (Fsp3) is 0.184. The molecule has 0 aliphatic rings. The number of aryl methyl sites for hydroxylation is 2. The Hall–Kier alpha value is -5.30. The van der Waals surface area contributed by atoms with Gasteiger partial charge in [0.25, 0.3) is 5.91 Å². The third-order valence-electron chi connectivity index (χ3n) is 10.5. The Balaban J connectivity index is 0.000000264. The fourth-order valence-corrected chi connectivity index (χ4v) is 9.88. The average Bonchev–Trinajstić information content (AvgIpc) is 3.25. The predicted octanol–water partition coefficient (Wildman–Crippen LogP) is 15.0. The maximum Gasteiger partial charge on any atom is 0.411 e.